The van der Waals surface area contributed by atoms with Gasteiger partial charge in [0.1, 0.15) is 4.88 Å². The molecule has 1 aromatic carbocycles. The molecule has 2 aromatic rings. The first-order valence-electron chi connectivity index (χ1n) is 5.95. The second-order valence-electron chi connectivity index (χ2n) is 4.25. The number of hydrogen-bond acceptors (Lipinski definition) is 5. The van der Waals surface area contributed by atoms with Crippen molar-refractivity contribution in [3.63, 3.8) is 0 Å². The van der Waals surface area contributed by atoms with E-state index in [1.165, 1.54) is 7.11 Å². The second-order valence-corrected chi connectivity index (χ2v) is 5.25. The summed E-state index contributed by atoms with van der Waals surface area (Å²) in [6, 6.07) is 7.25. The number of hydrogen-bond donors (Lipinski definition) is 1. The molecule has 2 rings (SSSR count). The van der Waals surface area contributed by atoms with Crippen LogP contribution in [0.2, 0.25) is 0 Å². The number of aromatic nitrogens is 1. The summed E-state index contributed by atoms with van der Waals surface area (Å²) in [6.45, 7) is 3.62. The molecule has 104 valence electrons. The smallest absolute Gasteiger partial charge is 0.350 e. The predicted octanol–water partition coefficient (Wildman–Crippen LogP) is 2.80. The first-order chi connectivity index (χ1) is 9.51. The van der Waals surface area contributed by atoms with Gasteiger partial charge in [-0.25, -0.2) is 9.78 Å². The number of ether oxygens (including phenoxy) is 1. The van der Waals surface area contributed by atoms with Gasteiger partial charge < -0.3 is 4.74 Å². The number of thiazole rings is 1. The van der Waals surface area contributed by atoms with Crippen molar-refractivity contribution in [3.05, 3.63) is 46.0 Å². The Labute approximate surface area is 120 Å². The number of nitrogens with one attached hydrogen (secondary N) is 1. The Morgan fingerprint density at radius 2 is 2.05 bits per heavy atom. The number of benzene rings is 1. The van der Waals surface area contributed by atoms with Gasteiger partial charge in [-0.2, -0.15) is 0 Å². The van der Waals surface area contributed by atoms with Gasteiger partial charge >= 0.3 is 5.97 Å². The average Bonchev–Trinajstić information content (AvgIpc) is 2.78. The van der Waals surface area contributed by atoms with Crippen molar-refractivity contribution in [2.75, 3.05) is 12.4 Å². The van der Waals surface area contributed by atoms with E-state index in [-0.39, 0.29) is 5.91 Å². The maximum absolute atomic E-state index is 12.1. The Kier molecular flexibility index (Phi) is 4.14. The zero-order valence-corrected chi connectivity index (χ0v) is 12.2. The highest BCUT2D eigenvalue weighted by atomic mass is 32.1. The topological polar surface area (TPSA) is 68.3 Å². The molecule has 0 radical (unpaired) electrons. The minimum absolute atomic E-state index is 0.251. The molecule has 1 N–H and O–H groups in total. The van der Waals surface area contributed by atoms with E-state index >= 15 is 0 Å². The first kappa shape index (κ1) is 14.2. The Balaban J connectivity index is 2.18. The summed E-state index contributed by atoms with van der Waals surface area (Å²) in [6.07, 6.45) is 0. The number of anilines is 1. The molecule has 0 unspecified atom stereocenters. The number of amides is 1. The van der Waals surface area contributed by atoms with Gasteiger partial charge in [0.25, 0.3) is 5.91 Å². The van der Waals surface area contributed by atoms with E-state index in [4.69, 9.17) is 0 Å². The van der Waals surface area contributed by atoms with Crippen LogP contribution in [0.3, 0.4) is 0 Å². The third-order valence-electron chi connectivity index (χ3n) is 2.67. The maximum Gasteiger partial charge on any atom is 0.350 e. The molecule has 20 heavy (non-hydrogen) atoms. The van der Waals surface area contributed by atoms with Crippen molar-refractivity contribution >= 4 is 28.3 Å². The molecular formula is C14H14N2O3S. The molecule has 0 aliphatic heterocycles. The van der Waals surface area contributed by atoms with Gasteiger partial charge in [-0.05, 0) is 26.0 Å². The molecule has 0 saturated heterocycles. The zero-order chi connectivity index (χ0) is 14.7. The van der Waals surface area contributed by atoms with Crippen LogP contribution in [0, 0.1) is 13.8 Å². The van der Waals surface area contributed by atoms with E-state index in [1.807, 2.05) is 19.1 Å². The van der Waals surface area contributed by atoms with Crippen molar-refractivity contribution < 1.29 is 14.3 Å². The molecule has 1 heterocycles. The third-order valence-corrected chi connectivity index (χ3v) is 3.72. The molecule has 0 spiro atoms. The Morgan fingerprint density at radius 3 is 2.70 bits per heavy atom. The van der Waals surface area contributed by atoms with E-state index in [0.717, 1.165) is 16.9 Å². The summed E-state index contributed by atoms with van der Waals surface area (Å²) in [7, 11) is 1.31. The third kappa shape index (κ3) is 3.03. The van der Waals surface area contributed by atoms with Crippen LogP contribution in [-0.2, 0) is 4.74 Å². The van der Waals surface area contributed by atoms with E-state index in [9.17, 15) is 9.59 Å². The van der Waals surface area contributed by atoms with Gasteiger partial charge in [0.05, 0.1) is 12.8 Å². The Morgan fingerprint density at radius 1 is 1.30 bits per heavy atom. The highest BCUT2D eigenvalue weighted by Gasteiger charge is 2.17. The van der Waals surface area contributed by atoms with Gasteiger partial charge in [-0.1, -0.05) is 29.0 Å². The quantitative estimate of drug-likeness (QED) is 0.883. The molecule has 0 aliphatic rings. The van der Waals surface area contributed by atoms with Crippen molar-refractivity contribution in [1.82, 2.24) is 4.98 Å². The number of carbonyl (C=O) groups excluding carboxylic acids is 2. The van der Waals surface area contributed by atoms with Crippen LogP contribution in [0.15, 0.2) is 24.3 Å². The Bertz CT molecular complexity index is 664. The SMILES string of the molecule is COC(=O)c1sc(NC(=O)c2cccc(C)c2)nc1C. The molecule has 0 saturated carbocycles. The van der Waals surface area contributed by atoms with Crippen LogP contribution in [0.1, 0.15) is 31.3 Å². The second kappa shape index (κ2) is 5.83. The number of methoxy groups -OCH3 is 1. The largest absolute Gasteiger partial charge is 0.465 e. The average molecular weight is 290 g/mol. The number of aryl methyl sites for hydroxylation is 2. The lowest BCUT2D eigenvalue weighted by Gasteiger charge is -2.02. The summed E-state index contributed by atoms with van der Waals surface area (Å²) in [4.78, 5) is 28.1. The summed E-state index contributed by atoms with van der Waals surface area (Å²) >= 11 is 1.10. The minimum Gasteiger partial charge on any atom is -0.465 e. The fourth-order valence-corrected chi connectivity index (χ4v) is 2.57. The van der Waals surface area contributed by atoms with Crippen LogP contribution in [0.5, 0.6) is 0 Å². The lowest BCUT2D eigenvalue weighted by molar-refractivity contribution is 0.0605. The van der Waals surface area contributed by atoms with Gasteiger partial charge in [0.2, 0.25) is 0 Å². The summed E-state index contributed by atoms with van der Waals surface area (Å²) < 4.78 is 4.65. The van der Waals surface area contributed by atoms with E-state index in [0.29, 0.717) is 21.3 Å². The van der Waals surface area contributed by atoms with Crippen LogP contribution in [0.4, 0.5) is 5.13 Å². The maximum atomic E-state index is 12.1. The molecule has 1 aromatic heterocycles. The van der Waals surface area contributed by atoms with E-state index < -0.39 is 5.97 Å². The fourth-order valence-electron chi connectivity index (χ4n) is 1.69. The van der Waals surface area contributed by atoms with Gasteiger partial charge in [-0.3, -0.25) is 10.1 Å². The molecule has 0 aliphatic carbocycles. The summed E-state index contributed by atoms with van der Waals surface area (Å²) in [5, 5.41) is 3.07. The monoisotopic (exact) mass is 290 g/mol. The normalized spacial score (nSPS) is 10.2. The van der Waals surface area contributed by atoms with Gasteiger partial charge in [-0.15, -0.1) is 0 Å². The minimum atomic E-state index is -0.448. The standard InChI is InChI=1S/C14H14N2O3S/c1-8-5-4-6-10(7-8)12(17)16-14-15-9(2)11(20-14)13(18)19-3/h4-7H,1-3H3,(H,15,16,17). The highest BCUT2D eigenvalue weighted by Crippen LogP contribution is 2.23. The number of esters is 1. The molecular weight excluding hydrogens is 276 g/mol. The van der Waals surface area contributed by atoms with Crippen LogP contribution in [-0.4, -0.2) is 24.0 Å². The van der Waals surface area contributed by atoms with Crippen molar-refractivity contribution in [3.8, 4) is 0 Å². The number of carbonyl (C=O) groups is 2. The summed E-state index contributed by atoms with van der Waals surface area (Å²) in [5.41, 5.74) is 2.10. The highest BCUT2D eigenvalue weighted by molar-refractivity contribution is 7.17. The molecule has 5 nitrogen and oxygen atoms in total. The number of nitrogens with zero attached hydrogens (tertiary/aromatic N) is 1. The molecule has 1 amide bonds. The molecule has 6 heteroatoms. The Hall–Kier alpha value is -2.21. The molecule has 0 atom stereocenters. The van der Waals surface area contributed by atoms with Gasteiger partial charge in [0.15, 0.2) is 5.13 Å². The first-order valence-corrected chi connectivity index (χ1v) is 6.76. The lowest BCUT2D eigenvalue weighted by atomic mass is 10.1. The van der Waals surface area contributed by atoms with Crippen molar-refractivity contribution in [1.29, 1.82) is 0 Å². The lowest BCUT2D eigenvalue weighted by Crippen LogP contribution is -2.11. The summed E-state index contributed by atoms with van der Waals surface area (Å²) in [5.74, 6) is -0.699. The zero-order valence-electron chi connectivity index (χ0n) is 11.4. The van der Waals surface area contributed by atoms with E-state index in [2.05, 4.69) is 15.0 Å². The van der Waals surface area contributed by atoms with E-state index in [1.54, 1.807) is 19.1 Å². The molecule has 0 bridgehead atoms. The van der Waals surface area contributed by atoms with Crippen molar-refractivity contribution in [2.45, 2.75) is 13.8 Å². The van der Waals surface area contributed by atoms with Crippen LogP contribution in [0.25, 0.3) is 0 Å². The predicted molar refractivity (Wildman–Crippen MR) is 77.3 cm³/mol. The number of rotatable bonds is 3. The van der Waals surface area contributed by atoms with Gasteiger partial charge in [0, 0.05) is 5.56 Å². The van der Waals surface area contributed by atoms with Crippen molar-refractivity contribution in [2.24, 2.45) is 0 Å². The molecule has 0 fully saturated rings. The van der Waals surface area contributed by atoms with Crippen LogP contribution < -0.4 is 5.32 Å². The van der Waals surface area contributed by atoms with Crippen LogP contribution >= 0.6 is 11.3 Å². The fraction of sp³-hybridized carbons (Fsp3) is 0.214.